The summed E-state index contributed by atoms with van der Waals surface area (Å²) in [7, 11) is 0. The van der Waals surface area contributed by atoms with E-state index in [1.54, 1.807) is 6.07 Å². The summed E-state index contributed by atoms with van der Waals surface area (Å²) >= 11 is 5.96. The second-order valence-corrected chi connectivity index (χ2v) is 4.76. The summed E-state index contributed by atoms with van der Waals surface area (Å²) in [5.74, 6) is -0.265. The highest BCUT2D eigenvalue weighted by Crippen LogP contribution is 2.13. The molecule has 0 unspecified atom stereocenters. The molecule has 19 heavy (non-hydrogen) atoms. The second kappa shape index (κ2) is 7.63. The van der Waals surface area contributed by atoms with Gasteiger partial charge in [-0.25, -0.2) is 4.79 Å². The molecule has 0 fully saturated rings. The lowest BCUT2D eigenvalue weighted by molar-refractivity contribution is -0.120. The molecule has 0 radical (unpaired) electrons. The number of amides is 3. The summed E-state index contributed by atoms with van der Waals surface area (Å²) in [6.07, 6.45) is 0. The summed E-state index contributed by atoms with van der Waals surface area (Å²) in [4.78, 5) is 22.8. The van der Waals surface area contributed by atoms with Crippen molar-refractivity contribution in [2.75, 3.05) is 6.54 Å². The average Bonchev–Trinajstić information content (AvgIpc) is 2.34. The van der Waals surface area contributed by atoms with E-state index in [1.807, 2.05) is 32.0 Å². The molecule has 1 rings (SSSR count). The molecule has 3 amide bonds. The van der Waals surface area contributed by atoms with Crippen molar-refractivity contribution in [3.63, 3.8) is 0 Å². The maximum atomic E-state index is 11.5. The lowest BCUT2D eigenvalue weighted by Gasteiger charge is -2.10. The third-order valence-electron chi connectivity index (χ3n) is 2.26. The SMILES string of the molecule is CC(C)NC(=O)NCC(=O)NCc1ccccc1Cl. The molecule has 0 atom stereocenters. The van der Waals surface area contributed by atoms with Crippen molar-refractivity contribution in [2.45, 2.75) is 26.4 Å². The number of benzene rings is 1. The monoisotopic (exact) mass is 283 g/mol. The number of hydrogen-bond donors (Lipinski definition) is 3. The minimum Gasteiger partial charge on any atom is -0.350 e. The second-order valence-electron chi connectivity index (χ2n) is 4.35. The highest BCUT2D eigenvalue weighted by Gasteiger charge is 2.06. The van der Waals surface area contributed by atoms with Crippen LogP contribution in [0, 0.1) is 0 Å². The van der Waals surface area contributed by atoms with Gasteiger partial charge in [0.05, 0.1) is 6.54 Å². The quantitative estimate of drug-likeness (QED) is 0.769. The lowest BCUT2D eigenvalue weighted by Crippen LogP contribution is -2.44. The van der Waals surface area contributed by atoms with Gasteiger partial charge in [0.1, 0.15) is 0 Å². The van der Waals surface area contributed by atoms with Crippen molar-refractivity contribution >= 4 is 23.5 Å². The van der Waals surface area contributed by atoms with Crippen molar-refractivity contribution < 1.29 is 9.59 Å². The Labute approximate surface area is 117 Å². The predicted octanol–water partition coefficient (Wildman–Crippen LogP) is 1.66. The molecule has 0 aliphatic carbocycles. The zero-order chi connectivity index (χ0) is 14.3. The maximum Gasteiger partial charge on any atom is 0.315 e. The highest BCUT2D eigenvalue weighted by atomic mass is 35.5. The fourth-order valence-corrected chi connectivity index (χ4v) is 1.57. The minimum absolute atomic E-state index is 0.0335. The van der Waals surface area contributed by atoms with Gasteiger partial charge < -0.3 is 16.0 Å². The van der Waals surface area contributed by atoms with Crippen LogP contribution in [-0.2, 0) is 11.3 Å². The Kier molecular flexibility index (Phi) is 6.15. The first-order valence-corrected chi connectivity index (χ1v) is 6.41. The van der Waals surface area contributed by atoms with Crippen LogP contribution in [0.2, 0.25) is 5.02 Å². The number of hydrogen-bond acceptors (Lipinski definition) is 2. The predicted molar refractivity (Wildman–Crippen MR) is 75.0 cm³/mol. The zero-order valence-electron chi connectivity index (χ0n) is 11.0. The van der Waals surface area contributed by atoms with Crippen molar-refractivity contribution in [3.8, 4) is 0 Å². The molecule has 0 spiro atoms. The molecule has 1 aromatic rings. The van der Waals surface area contributed by atoms with E-state index < -0.39 is 0 Å². The van der Waals surface area contributed by atoms with E-state index in [4.69, 9.17) is 11.6 Å². The molecule has 0 saturated heterocycles. The van der Waals surface area contributed by atoms with Crippen LogP contribution in [0.5, 0.6) is 0 Å². The summed E-state index contributed by atoms with van der Waals surface area (Å²) in [6.45, 7) is 3.96. The van der Waals surface area contributed by atoms with Crippen LogP contribution in [0.25, 0.3) is 0 Å². The molecule has 0 heterocycles. The number of urea groups is 1. The molecule has 104 valence electrons. The topological polar surface area (TPSA) is 70.2 Å². The summed E-state index contributed by atoms with van der Waals surface area (Å²) in [5, 5.41) is 8.39. The van der Waals surface area contributed by atoms with Crippen LogP contribution in [0.1, 0.15) is 19.4 Å². The van der Waals surface area contributed by atoms with Crippen LogP contribution in [0.3, 0.4) is 0 Å². The molecule has 0 bridgehead atoms. The fraction of sp³-hybridized carbons (Fsp3) is 0.385. The minimum atomic E-state index is -0.358. The Hall–Kier alpha value is -1.75. The van der Waals surface area contributed by atoms with Crippen LogP contribution in [0.15, 0.2) is 24.3 Å². The summed E-state index contributed by atoms with van der Waals surface area (Å²) in [6, 6.07) is 6.94. The van der Waals surface area contributed by atoms with Crippen LogP contribution >= 0.6 is 11.6 Å². The van der Waals surface area contributed by atoms with E-state index in [9.17, 15) is 9.59 Å². The first-order chi connectivity index (χ1) is 8.99. The summed E-state index contributed by atoms with van der Waals surface area (Å²) in [5.41, 5.74) is 0.837. The molecule has 3 N–H and O–H groups in total. The zero-order valence-corrected chi connectivity index (χ0v) is 11.8. The van der Waals surface area contributed by atoms with E-state index in [0.717, 1.165) is 5.56 Å². The molecule has 0 saturated carbocycles. The van der Waals surface area contributed by atoms with Gasteiger partial charge in [0, 0.05) is 17.6 Å². The molecular weight excluding hydrogens is 266 g/mol. The van der Waals surface area contributed by atoms with E-state index in [0.29, 0.717) is 11.6 Å². The van der Waals surface area contributed by atoms with Crippen LogP contribution in [0.4, 0.5) is 4.79 Å². The van der Waals surface area contributed by atoms with Crippen LogP contribution < -0.4 is 16.0 Å². The van der Waals surface area contributed by atoms with Gasteiger partial charge in [0.2, 0.25) is 5.91 Å². The van der Waals surface area contributed by atoms with Gasteiger partial charge in [-0.3, -0.25) is 4.79 Å². The Morgan fingerprint density at radius 2 is 1.89 bits per heavy atom. The number of halogens is 1. The van der Waals surface area contributed by atoms with Gasteiger partial charge >= 0.3 is 6.03 Å². The standard InChI is InChI=1S/C13H18ClN3O2/c1-9(2)17-13(19)16-8-12(18)15-7-10-5-3-4-6-11(10)14/h3-6,9H,7-8H2,1-2H3,(H,15,18)(H2,16,17,19). The number of carbonyl (C=O) groups excluding carboxylic acids is 2. The highest BCUT2D eigenvalue weighted by molar-refractivity contribution is 6.31. The normalized spacial score (nSPS) is 10.1. The molecular formula is C13H18ClN3O2. The van der Waals surface area contributed by atoms with Gasteiger partial charge in [-0.2, -0.15) is 0 Å². The van der Waals surface area contributed by atoms with Gasteiger partial charge in [-0.1, -0.05) is 29.8 Å². The first-order valence-electron chi connectivity index (χ1n) is 6.03. The molecule has 5 nitrogen and oxygen atoms in total. The van der Waals surface area contributed by atoms with E-state index >= 15 is 0 Å². The Balaban J connectivity index is 2.29. The molecule has 0 aliphatic heterocycles. The van der Waals surface area contributed by atoms with E-state index in [-0.39, 0.29) is 24.5 Å². The Morgan fingerprint density at radius 3 is 2.53 bits per heavy atom. The lowest BCUT2D eigenvalue weighted by atomic mass is 10.2. The third kappa shape index (κ3) is 6.10. The Bertz CT molecular complexity index is 449. The van der Waals surface area contributed by atoms with Crippen molar-refractivity contribution in [1.29, 1.82) is 0 Å². The van der Waals surface area contributed by atoms with Crippen molar-refractivity contribution in [1.82, 2.24) is 16.0 Å². The van der Waals surface area contributed by atoms with E-state index in [2.05, 4.69) is 16.0 Å². The number of carbonyl (C=O) groups is 2. The smallest absolute Gasteiger partial charge is 0.315 e. The average molecular weight is 284 g/mol. The molecule has 1 aromatic carbocycles. The Morgan fingerprint density at radius 1 is 1.21 bits per heavy atom. The van der Waals surface area contributed by atoms with Crippen molar-refractivity contribution in [2.24, 2.45) is 0 Å². The van der Waals surface area contributed by atoms with Gasteiger partial charge in [0.25, 0.3) is 0 Å². The largest absolute Gasteiger partial charge is 0.350 e. The molecule has 0 aliphatic rings. The fourth-order valence-electron chi connectivity index (χ4n) is 1.37. The third-order valence-corrected chi connectivity index (χ3v) is 2.63. The van der Waals surface area contributed by atoms with Crippen molar-refractivity contribution in [3.05, 3.63) is 34.9 Å². The van der Waals surface area contributed by atoms with Crippen LogP contribution in [-0.4, -0.2) is 24.5 Å². The maximum absolute atomic E-state index is 11.5. The number of nitrogens with one attached hydrogen (secondary N) is 3. The molecule has 6 heteroatoms. The van der Waals surface area contributed by atoms with Gasteiger partial charge in [0.15, 0.2) is 0 Å². The summed E-state index contributed by atoms with van der Waals surface area (Å²) < 4.78 is 0. The number of rotatable bonds is 5. The van der Waals surface area contributed by atoms with Gasteiger partial charge in [-0.05, 0) is 25.5 Å². The molecule has 0 aromatic heterocycles. The first kappa shape index (κ1) is 15.3. The van der Waals surface area contributed by atoms with E-state index in [1.165, 1.54) is 0 Å². The van der Waals surface area contributed by atoms with Gasteiger partial charge in [-0.15, -0.1) is 0 Å².